The van der Waals surface area contributed by atoms with Crippen LogP contribution in [-0.4, -0.2) is 39.9 Å². The number of aromatic amines is 1. The Hall–Kier alpha value is -1.92. The highest BCUT2D eigenvalue weighted by atomic mass is 16.5. The summed E-state index contributed by atoms with van der Waals surface area (Å²) in [5.41, 5.74) is 0.131. The standard InChI is InChI=1S/C8H12N4O3/c1-3-15-8(14)5(2)10-7(13)6-4-9-12-11-6/h4-5H,3H2,1-2H3,(H,10,13)(H,9,11,12). The topological polar surface area (TPSA) is 97.0 Å². The second-order valence-corrected chi connectivity index (χ2v) is 2.80. The first-order valence-electron chi connectivity index (χ1n) is 4.48. The molecule has 0 aliphatic rings. The van der Waals surface area contributed by atoms with E-state index < -0.39 is 17.9 Å². The van der Waals surface area contributed by atoms with E-state index in [4.69, 9.17) is 4.74 Å². The van der Waals surface area contributed by atoms with Crippen molar-refractivity contribution in [1.82, 2.24) is 20.7 Å². The molecule has 1 heterocycles. The molecular weight excluding hydrogens is 200 g/mol. The number of carbonyl (C=O) groups excluding carboxylic acids is 2. The summed E-state index contributed by atoms with van der Waals surface area (Å²) < 4.78 is 4.72. The summed E-state index contributed by atoms with van der Waals surface area (Å²) >= 11 is 0. The second-order valence-electron chi connectivity index (χ2n) is 2.80. The molecule has 0 saturated heterocycles. The molecule has 2 N–H and O–H groups in total. The van der Waals surface area contributed by atoms with Crippen LogP contribution >= 0.6 is 0 Å². The van der Waals surface area contributed by atoms with Crippen molar-refractivity contribution in [2.24, 2.45) is 0 Å². The first-order valence-corrected chi connectivity index (χ1v) is 4.48. The number of nitrogens with one attached hydrogen (secondary N) is 2. The Kier molecular flexibility index (Phi) is 3.78. The van der Waals surface area contributed by atoms with Gasteiger partial charge in [-0.3, -0.25) is 4.79 Å². The molecule has 0 aliphatic heterocycles. The number of aromatic nitrogens is 3. The van der Waals surface area contributed by atoms with E-state index in [0.29, 0.717) is 0 Å². The highest BCUT2D eigenvalue weighted by molar-refractivity contribution is 5.94. The lowest BCUT2D eigenvalue weighted by molar-refractivity contribution is -0.144. The second kappa shape index (κ2) is 5.08. The zero-order valence-corrected chi connectivity index (χ0v) is 8.48. The van der Waals surface area contributed by atoms with Gasteiger partial charge in [-0.2, -0.15) is 15.4 Å². The Morgan fingerprint density at radius 2 is 2.40 bits per heavy atom. The number of ether oxygens (including phenoxy) is 1. The van der Waals surface area contributed by atoms with E-state index in [1.54, 1.807) is 6.92 Å². The highest BCUT2D eigenvalue weighted by Gasteiger charge is 2.18. The summed E-state index contributed by atoms with van der Waals surface area (Å²) in [7, 11) is 0. The number of nitrogens with zero attached hydrogens (tertiary/aromatic N) is 2. The van der Waals surface area contributed by atoms with Gasteiger partial charge in [0.15, 0.2) is 5.69 Å². The summed E-state index contributed by atoms with van der Waals surface area (Å²) in [4.78, 5) is 22.6. The van der Waals surface area contributed by atoms with Gasteiger partial charge in [0.2, 0.25) is 0 Å². The average molecular weight is 212 g/mol. The van der Waals surface area contributed by atoms with Crippen LogP contribution in [0, 0.1) is 0 Å². The van der Waals surface area contributed by atoms with Crippen molar-refractivity contribution in [3.05, 3.63) is 11.9 Å². The summed E-state index contributed by atoms with van der Waals surface area (Å²) in [5, 5.41) is 11.8. The molecule has 1 atom stereocenters. The SMILES string of the molecule is CCOC(=O)C(C)NC(=O)c1cn[nH]n1. The minimum Gasteiger partial charge on any atom is -0.464 e. The summed E-state index contributed by atoms with van der Waals surface area (Å²) in [5.74, 6) is -0.946. The maximum atomic E-state index is 11.4. The van der Waals surface area contributed by atoms with Gasteiger partial charge in [-0.1, -0.05) is 0 Å². The van der Waals surface area contributed by atoms with Crippen LogP contribution in [0.1, 0.15) is 24.3 Å². The van der Waals surface area contributed by atoms with Gasteiger partial charge >= 0.3 is 5.97 Å². The number of H-pyrrole nitrogens is 1. The Bertz CT molecular complexity index is 336. The van der Waals surface area contributed by atoms with Gasteiger partial charge in [-0.15, -0.1) is 0 Å². The summed E-state index contributed by atoms with van der Waals surface area (Å²) in [6.07, 6.45) is 1.27. The minimum absolute atomic E-state index is 0.131. The Morgan fingerprint density at radius 3 is 2.93 bits per heavy atom. The zero-order valence-electron chi connectivity index (χ0n) is 8.48. The van der Waals surface area contributed by atoms with E-state index in [1.165, 1.54) is 13.1 Å². The number of amides is 1. The molecule has 1 aromatic heterocycles. The van der Waals surface area contributed by atoms with Crippen LogP contribution < -0.4 is 5.32 Å². The van der Waals surface area contributed by atoms with Crippen LogP contribution in [0.25, 0.3) is 0 Å². The van der Waals surface area contributed by atoms with Gasteiger partial charge in [0.25, 0.3) is 5.91 Å². The fourth-order valence-corrected chi connectivity index (χ4v) is 0.908. The third-order valence-corrected chi connectivity index (χ3v) is 1.64. The molecule has 0 spiro atoms. The Balaban J connectivity index is 2.48. The van der Waals surface area contributed by atoms with Crippen LogP contribution in [0.3, 0.4) is 0 Å². The quantitative estimate of drug-likeness (QED) is 0.655. The van der Waals surface area contributed by atoms with E-state index in [9.17, 15) is 9.59 Å². The smallest absolute Gasteiger partial charge is 0.328 e. The molecule has 7 heteroatoms. The molecule has 1 amide bonds. The van der Waals surface area contributed by atoms with E-state index in [0.717, 1.165) is 0 Å². The number of rotatable bonds is 4. The molecule has 1 unspecified atom stereocenters. The van der Waals surface area contributed by atoms with Crippen molar-refractivity contribution >= 4 is 11.9 Å². The molecule has 7 nitrogen and oxygen atoms in total. The third-order valence-electron chi connectivity index (χ3n) is 1.64. The van der Waals surface area contributed by atoms with Crippen molar-refractivity contribution in [3.8, 4) is 0 Å². The molecule has 0 saturated carbocycles. The normalized spacial score (nSPS) is 11.9. The Morgan fingerprint density at radius 1 is 1.67 bits per heavy atom. The highest BCUT2D eigenvalue weighted by Crippen LogP contribution is 1.93. The van der Waals surface area contributed by atoms with Gasteiger partial charge in [0.05, 0.1) is 12.8 Å². The summed E-state index contributed by atoms with van der Waals surface area (Å²) in [6, 6.07) is -0.700. The minimum atomic E-state index is -0.700. The molecular formula is C8H12N4O3. The van der Waals surface area contributed by atoms with Gasteiger partial charge < -0.3 is 10.1 Å². The lowest BCUT2D eigenvalue weighted by Gasteiger charge is -2.10. The first-order chi connectivity index (χ1) is 7.15. The van der Waals surface area contributed by atoms with Gasteiger partial charge in [0, 0.05) is 0 Å². The molecule has 0 radical (unpaired) electrons. The lowest BCUT2D eigenvalue weighted by Crippen LogP contribution is -2.39. The predicted molar refractivity (Wildman–Crippen MR) is 49.9 cm³/mol. The average Bonchev–Trinajstić information content (AvgIpc) is 2.70. The summed E-state index contributed by atoms with van der Waals surface area (Å²) in [6.45, 7) is 3.52. The fraction of sp³-hybridized carbons (Fsp3) is 0.500. The maximum Gasteiger partial charge on any atom is 0.328 e. The lowest BCUT2D eigenvalue weighted by atomic mass is 10.3. The molecule has 0 aromatic carbocycles. The van der Waals surface area contributed by atoms with Crippen LogP contribution in [-0.2, 0) is 9.53 Å². The van der Waals surface area contributed by atoms with Gasteiger partial charge in [-0.05, 0) is 13.8 Å². The number of hydrogen-bond donors (Lipinski definition) is 2. The zero-order chi connectivity index (χ0) is 11.3. The molecule has 82 valence electrons. The monoisotopic (exact) mass is 212 g/mol. The van der Waals surface area contributed by atoms with E-state index in [-0.39, 0.29) is 12.3 Å². The molecule has 1 rings (SSSR count). The van der Waals surface area contributed by atoms with E-state index >= 15 is 0 Å². The third kappa shape index (κ3) is 3.04. The Labute approximate surface area is 86.2 Å². The van der Waals surface area contributed by atoms with Gasteiger partial charge in [-0.25, -0.2) is 4.79 Å². The van der Waals surface area contributed by atoms with Crippen LogP contribution in [0.5, 0.6) is 0 Å². The van der Waals surface area contributed by atoms with Crippen molar-refractivity contribution in [2.75, 3.05) is 6.61 Å². The van der Waals surface area contributed by atoms with E-state index in [1.807, 2.05) is 0 Å². The van der Waals surface area contributed by atoms with E-state index in [2.05, 4.69) is 20.7 Å². The maximum absolute atomic E-state index is 11.4. The fourth-order valence-electron chi connectivity index (χ4n) is 0.908. The van der Waals surface area contributed by atoms with Crippen molar-refractivity contribution in [2.45, 2.75) is 19.9 Å². The van der Waals surface area contributed by atoms with Crippen molar-refractivity contribution in [3.63, 3.8) is 0 Å². The molecule has 0 bridgehead atoms. The van der Waals surface area contributed by atoms with Crippen LogP contribution in [0.4, 0.5) is 0 Å². The number of hydrogen-bond acceptors (Lipinski definition) is 5. The predicted octanol–water partition coefficient (Wildman–Crippen LogP) is -0.514. The first kappa shape index (κ1) is 11.2. The van der Waals surface area contributed by atoms with Crippen LogP contribution in [0.2, 0.25) is 0 Å². The molecule has 15 heavy (non-hydrogen) atoms. The largest absolute Gasteiger partial charge is 0.464 e. The van der Waals surface area contributed by atoms with Gasteiger partial charge in [0.1, 0.15) is 6.04 Å². The molecule has 0 fully saturated rings. The number of esters is 1. The van der Waals surface area contributed by atoms with Crippen molar-refractivity contribution in [1.29, 1.82) is 0 Å². The van der Waals surface area contributed by atoms with Crippen LogP contribution in [0.15, 0.2) is 6.20 Å². The number of carbonyl (C=O) groups is 2. The molecule has 0 aliphatic carbocycles. The molecule has 1 aromatic rings. The van der Waals surface area contributed by atoms with Crippen molar-refractivity contribution < 1.29 is 14.3 Å².